The number of hydrogen-bond acceptors (Lipinski definition) is 2. The van der Waals surface area contributed by atoms with Crippen molar-refractivity contribution in [3.63, 3.8) is 0 Å². The average molecular weight is 222 g/mol. The summed E-state index contributed by atoms with van der Waals surface area (Å²) in [4.78, 5) is 11.4. The maximum absolute atomic E-state index is 11.4. The highest BCUT2D eigenvalue weighted by Crippen LogP contribution is 2.31. The third-order valence-electron chi connectivity index (χ3n) is 3.66. The topological polar surface area (TPSA) is 26.3 Å². The fourth-order valence-electron chi connectivity index (χ4n) is 2.71. The lowest BCUT2D eigenvalue weighted by atomic mass is 9.96. The zero-order chi connectivity index (χ0) is 11.2. The van der Waals surface area contributed by atoms with Crippen LogP contribution in [-0.4, -0.2) is 19.0 Å². The number of carbonyl (C=O) groups excluding carboxylic acids is 1. The highest BCUT2D eigenvalue weighted by Gasteiger charge is 2.17. The monoisotopic (exact) mass is 222 g/mol. The molecule has 0 aromatic rings. The van der Waals surface area contributed by atoms with E-state index in [0.29, 0.717) is 13.0 Å². The molecule has 1 heterocycles. The van der Waals surface area contributed by atoms with Gasteiger partial charge in [0.25, 0.3) is 0 Å². The molecule has 0 radical (unpaired) electrons. The van der Waals surface area contributed by atoms with Crippen LogP contribution >= 0.6 is 0 Å². The number of rotatable bonds is 0. The number of ether oxygens (including phenoxy) is 1. The summed E-state index contributed by atoms with van der Waals surface area (Å²) in [6.07, 6.45) is 11.5. The first kappa shape index (κ1) is 11.8. The van der Waals surface area contributed by atoms with Crippen molar-refractivity contribution in [1.82, 2.24) is 0 Å². The van der Waals surface area contributed by atoms with Crippen molar-refractivity contribution in [3.05, 3.63) is 11.6 Å². The molecular formula is C14H22O2. The summed E-state index contributed by atoms with van der Waals surface area (Å²) in [5.41, 5.74) is 1.62. The molecule has 0 spiro atoms. The van der Waals surface area contributed by atoms with Crippen molar-refractivity contribution in [3.8, 4) is 0 Å². The Kier molecular flexibility index (Phi) is 4.58. The summed E-state index contributed by atoms with van der Waals surface area (Å²) in [5, 5.41) is 0. The summed E-state index contributed by atoms with van der Waals surface area (Å²) >= 11 is 0. The lowest BCUT2D eigenvalue weighted by molar-refractivity contribution is -0.123. The van der Waals surface area contributed by atoms with E-state index in [9.17, 15) is 4.79 Å². The zero-order valence-corrected chi connectivity index (χ0v) is 10.0. The molecular weight excluding hydrogens is 200 g/mol. The van der Waals surface area contributed by atoms with E-state index in [1.54, 1.807) is 5.57 Å². The summed E-state index contributed by atoms with van der Waals surface area (Å²) < 4.78 is 5.39. The quantitative estimate of drug-likeness (QED) is 0.588. The van der Waals surface area contributed by atoms with E-state index < -0.39 is 0 Å². The third kappa shape index (κ3) is 3.75. The predicted molar refractivity (Wildman–Crippen MR) is 64.3 cm³/mol. The maximum Gasteiger partial charge on any atom is 0.158 e. The van der Waals surface area contributed by atoms with Crippen LogP contribution in [0.3, 0.4) is 0 Å². The number of Topliss-reactive ketones (excluding diaryl/α,β-unsaturated/α-hetero) is 1. The third-order valence-corrected chi connectivity index (χ3v) is 3.66. The van der Waals surface area contributed by atoms with Crippen LogP contribution in [0.1, 0.15) is 51.4 Å². The van der Waals surface area contributed by atoms with Gasteiger partial charge in [-0.05, 0) is 44.4 Å². The molecule has 2 aliphatic rings. The summed E-state index contributed by atoms with van der Waals surface area (Å²) in [6.45, 7) is 1.08. The largest absolute Gasteiger partial charge is 0.374 e. The van der Waals surface area contributed by atoms with E-state index in [0.717, 1.165) is 25.4 Å². The van der Waals surface area contributed by atoms with Crippen LogP contribution in [0.15, 0.2) is 11.6 Å². The molecule has 2 nitrogen and oxygen atoms in total. The number of fused-ring (bicyclic) bond motifs is 2. The second-order valence-electron chi connectivity index (χ2n) is 5.11. The van der Waals surface area contributed by atoms with Crippen LogP contribution in [0.2, 0.25) is 0 Å². The van der Waals surface area contributed by atoms with Crippen molar-refractivity contribution in [1.29, 1.82) is 0 Å². The van der Waals surface area contributed by atoms with E-state index in [-0.39, 0.29) is 5.78 Å². The Morgan fingerprint density at radius 1 is 1.19 bits per heavy atom. The smallest absolute Gasteiger partial charge is 0.158 e. The van der Waals surface area contributed by atoms with Gasteiger partial charge in [-0.2, -0.15) is 0 Å². The number of ketones is 1. The lowest BCUT2D eigenvalue weighted by Gasteiger charge is -2.09. The normalized spacial score (nSPS) is 28.9. The van der Waals surface area contributed by atoms with Gasteiger partial charge in [-0.25, -0.2) is 0 Å². The Bertz CT molecular complexity index is 268. The molecule has 1 unspecified atom stereocenters. The molecule has 16 heavy (non-hydrogen) atoms. The Balaban J connectivity index is 1.81. The van der Waals surface area contributed by atoms with Crippen LogP contribution in [0.25, 0.3) is 0 Å². The Morgan fingerprint density at radius 2 is 2.12 bits per heavy atom. The molecule has 0 amide bonds. The van der Waals surface area contributed by atoms with E-state index >= 15 is 0 Å². The summed E-state index contributed by atoms with van der Waals surface area (Å²) in [7, 11) is 0. The Morgan fingerprint density at radius 3 is 3.06 bits per heavy atom. The first-order valence-electron chi connectivity index (χ1n) is 6.62. The first-order valence-corrected chi connectivity index (χ1v) is 6.62. The minimum absolute atomic E-state index is 0.281. The van der Waals surface area contributed by atoms with Crippen LogP contribution in [0.4, 0.5) is 0 Å². The van der Waals surface area contributed by atoms with Crippen molar-refractivity contribution in [2.75, 3.05) is 13.2 Å². The fraction of sp³-hybridized carbons (Fsp3) is 0.786. The summed E-state index contributed by atoms with van der Waals surface area (Å²) in [5.74, 6) is 1.15. The second kappa shape index (κ2) is 6.19. The molecule has 1 atom stereocenters. The van der Waals surface area contributed by atoms with Crippen molar-refractivity contribution in [2.45, 2.75) is 51.4 Å². The second-order valence-corrected chi connectivity index (χ2v) is 5.11. The van der Waals surface area contributed by atoms with E-state index in [1.165, 1.54) is 32.1 Å². The van der Waals surface area contributed by atoms with Gasteiger partial charge < -0.3 is 4.74 Å². The molecule has 1 fully saturated rings. The van der Waals surface area contributed by atoms with Crippen molar-refractivity contribution >= 4 is 5.78 Å². The van der Waals surface area contributed by atoms with E-state index in [2.05, 4.69) is 6.08 Å². The van der Waals surface area contributed by atoms with Gasteiger partial charge in [-0.1, -0.05) is 18.1 Å². The lowest BCUT2D eigenvalue weighted by Crippen LogP contribution is -2.09. The molecule has 0 aromatic heterocycles. The molecule has 1 aliphatic heterocycles. The highest BCUT2D eigenvalue weighted by molar-refractivity contribution is 5.79. The number of hydrogen-bond donors (Lipinski definition) is 0. The minimum atomic E-state index is 0.281. The molecule has 2 bridgehead atoms. The maximum atomic E-state index is 11.4. The van der Waals surface area contributed by atoms with E-state index in [4.69, 9.17) is 4.74 Å². The van der Waals surface area contributed by atoms with Gasteiger partial charge in [0, 0.05) is 13.0 Å². The fourth-order valence-corrected chi connectivity index (χ4v) is 2.71. The molecule has 1 aliphatic carbocycles. The standard InChI is InChI=1S/C14H22O2/c15-14-6-2-1-4-12-7-8-13(10-12)5-3-9-16-11-14/h8,12H,1-7,9-11H2. The number of allylic oxidation sites excluding steroid dienone is 2. The Labute approximate surface area is 98.1 Å². The Hall–Kier alpha value is -0.630. The molecule has 90 valence electrons. The molecule has 0 aromatic carbocycles. The van der Waals surface area contributed by atoms with Gasteiger partial charge in [-0.15, -0.1) is 0 Å². The highest BCUT2D eigenvalue weighted by atomic mass is 16.5. The van der Waals surface area contributed by atoms with Gasteiger partial charge in [0.05, 0.1) is 0 Å². The molecule has 1 saturated heterocycles. The SMILES string of the molecule is O=C1CCCCC2CC=C(CCCOC1)C2. The number of carbonyl (C=O) groups is 1. The minimum Gasteiger partial charge on any atom is -0.374 e. The van der Waals surface area contributed by atoms with E-state index in [1.807, 2.05) is 0 Å². The van der Waals surface area contributed by atoms with Gasteiger partial charge >= 0.3 is 0 Å². The first-order chi connectivity index (χ1) is 7.84. The van der Waals surface area contributed by atoms with Gasteiger partial charge in [0.15, 0.2) is 5.78 Å². The summed E-state index contributed by atoms with van der Waals surface area (Å²) in [6, 6.07) is 0. The van der Waals surface area contributed by atoms with Crippen LogP contribution in [0.5, 0.6) is 0 Å². The van der Waals surface area contributed by atoms with Gasteiger partial charge in [-0.3, -0.25) is 4.79 Å². The van der Waals surface area contributed by atoms with Crippen molar-refractivity contribution in [2.24, 2.45) is 5.92 Å². The predicted octanol–water partition coefficient (Wildman–Crippen LogP) is 3.26. The van der Waals surface area contributed by atoms with Crippen LogP contribution in [0, 0.1) is 5.92 Å². The molecule has 2 heteroatoms. The van der Waals surface area contributed by atoms with Crippen molar-refractivity contribution < 1.29 is 9.53 Å². The van der Waals surface area contributed by atoms with Gasteiger partial charge in [0.2, 0.25) is 0 Å². The van der Waals surface area contributed by atoms with Crippen LogP contribution in [-0.2, 0) is 9.53 Å². The molecule has 2 rings (SSSR count). The average Bonchev–Trinajstić information content (AvgIpc) is 2.72. The molecule has 0 saturated carbocycles. The van der Waals surface area contributed by atoms with Gasteiger partial charge in [0.1, 0.15) is 6.61 Å². The van der Waals surface area contributed by atoms with Crippen LogP contribution < -0.4 is 0 Å². The molecule has 0 N–H and O–H groups in total. The zero-order valence-electron chi connectivity index (χ0n) is 10.0.